The minimum absolute atomic E-state index is 0.556. The molecule has 4 rings (SSSR count). The Morgan fingerprint density at radius 1 is 0.500 bits per heavy atom. The van der Waals surface area contributed by atoms with Crippen molar-refractivity contribution in [1.82, 2.24) is 0 Å². The number of rotatable bonds is 14. The van der Waals surface area contributed by atoms with E-state index >= 15 is 0 Å². The van der Waals surface area contributed by atoms with E-state index in [0.29, 0.717) is 5.78 Å². The van der Waals surface area contributed by atoms with Crippen molar-refractivity contribution in [1.29, 1.82) is 0 Å². The molecule has 0 heterocycles. The zero-order valence-corrected chi connectivity index (χ0v) is 27.7. The van der Waals surface area contributed by atoms with Crippen molar-refractivity contribution in [3.05, 3.63) is 0 Å². The highest BCUT2D eigenvalue weighted by Gasteiger charge is 2.35. The first-order valence-corrected chi connectivity index (χ1v) is 19.0. The van der Waals surface area contributed by atoms with E-state index in [9.17, 15) is 4.79 Å². The highest BCUT2D eigenvalue weighted by atomic mass is 16.1. The maximum absolute atomic E-state index is 12.5. The van der Waals surface area contributed by atoms with Crippen molar-refractivity contribution < 1.29 is 4.79 Å². The van der Waals surface area contributed by atoms with Crippen molar-refractivity contribution in [3.63, 3.8) is 0 Å². The molecule has 1 heteroatoms. The highest BCUT2D eigenvalue weighted by molar-refractivity contribution is 5.78. The second-order valence-corrected chi connectivity index (χ2v) is 16.0. The third-order valence-electron chi connectivity index (χ3n) is 13.5. The van der Waals surface area contributed by atoms with Gasteiger partial charge in [-0.25, -0.2) is 0 Å². The Morgan fingerprint density at radius 3 is 1.23 bits per heavy atom. The van der Waals surface area contributed by atoms with Gasteiger partial charge in [-0.1, -0.05) is 105 Å². The minimum atomic E-state index is 0.556. The van der Waals surface area contributed by atoms with Crippen LogP contribution in [0.2, 0.25) is 0 Å². The summed E-state index contributed by atoms with van der Waals surface area (Å²) in [6, 6.07) is 0. The van der Waals surface area contributed by atoms with Gasteiger partial charge in [-0.2, -0.15) is 0 Å². The molecule has 0 amide bonds. The number of Topliss-reactive ketones (excluding diaryl/α,β-unsaturated/α-hetero) is 1. The number of hydrogen-bond acceptors (Lipinski definition) is 1. The molecule has 4 fully saturated rings. The Kier molecular flexibility index (Phi) is 13.9. The van der Waals surface area contributed by atoms with Crippen LogP contribution in [0, 0.1) is 59.2 Å². The Morgan fingerprint density at radius 2 is 0.875 bits per heavy atom. The molecule has 0 aromatic carbocycles. The lowest BCUT2D eigenvalue weighted by molar-refractivity contribution is -0.119. The van der Waals surface area contributed by atoms with Crippen molar-refractivity contribution in [2.75, 3.05) is 0 Å². The van der Waals surface area contributed by atoms with E-state index in [-0.39, 0.29) is 0 Å². The lowest BCUT2D eigenvalue weighted by atomic mass is 9.64. The van der Waals surface area contributed by atoms with Crippen LogP contribution >= 0.6 is 0 Å². The predicted molar refractivity (Wildman–Crippen MR) is 173 cm³/mol. The number of ketones is 1. The summed E-state index contributed by atoms with van der Waals surface area (Å²) >= 11 is 0. The Balaban J connectivity index is 0.977. The van der Waals surface area contributed by atoms with Gasteiger partial charge in [0.15, 0.2) is 0 Å². The van der Waals surface area contributed by atoms with E-state index in [1.165, 1.54) is 128 Å². The van der Waals surface area contributed by atoms with E-state index in [4.69, 9.17) is 0 Å². The Hall–Kier alpha value is -0.330. The fourth-order valence-electron chi connectivity index (χ4n) is 10.6. The standard InChI is InChI=1S/C39H70O/c1-5-31-19-25-38(29(3)27-31)35-21-15-33(16-22-35)11-7-9-13-37(40)14-10-8-12-34-17-23-36(24-18-34)39-26-20-32(6-2)28-30(39)4/h29-36,38-39H,5-28H2,1-4H3. The molecule has 40 heavy (non-hydrogen) atoms. The summed E-state index contributed by atoms with van der Waals surface area (Å²) in [6.45, 7) is 9.89. The Bertz CT molecular complexity index is 638. The van der Waals surface area contributed by atoms with Crippen LogP contribution in [0.15, 0.2) is 0 Å². The maximum Gasteiger partial charge on any atom is 0.132 e. The molecule has 4 saturated carbocycles. The summed E-state index contributed by atoms with van der Waals surface area (Å²) in [4.78, 5) is 12.5. The van der Waals surface area contributed by atoms with Gasteiger partial charge >= 0.3 is 0 Å². The number of hydrogen-bond donors (Lipinski definition) is 0. The second kappa shape index (κ2) is 17.1. The van der Waals surface area contributed by atoms with Crippen LogP contribution in [0.25, 0.3) is 0 Å². The van der Waals surface area contributed by atoms with E-state index in [1.54, 1.807) is 0 Å². The van der Waals surface area contributed by atoms with Gasteiger partial charge in [0.05, 0.1) is 0 Å². The summed E-state index contributed by atoms with van der Waals surface area (Å²) in [5.74, 6) is 10.5. The number of carbonyl (C=O) groups excluding carboxylic acids is 1. The van der Waals surface area contributed by atoms with Gasteiger partial charge in [0, 0.05) is 12.8 Å². The summed E-state index contributed by atoms with van der Waals surface area (Å²) in [5.41, 5.74) is 0. The van der Waals surface area contributed by atoms with E-state index in [2.05, 4.69) is 27.7 Å². The second-order valence-electron chi connectivity index (χ2n) is 16.0. The lowest BCUT2D eigenvalue weighted by Crippen LogP contribution is -2.31. The fourth-order valence-corrected chi connectivity index (χ4v) is 10.6. The fraction of sp³-hybridized carbons (Fsp3) is 0.974. The average molecular weight is 555 g/mol. The summed E-state index contributed by atoms with van der Waals surface area (Å²) in [5, 5.41) is 0. The molecular weight excluding hydrogens is 484 g/mol. The van der Waals surface area contributed by atoms with Gasteiger partial charge in [0.1, 0.15) is 5.78 Å². The molecule has 0 spiro atoms. The molecule has 0 radical (unpaired) electrons. The van der Waals surface area contributed by atoms with Gasteiger partial charge in [0.2, 0.25) is 0 Å². The molecule has 0 saturated heterocycles. The van der Waals surface area contributed by atoms with E-state index in [1.807, 2.05) is 0 Å². The smallest absolute Gasteiger partial charge is 0.132 e. The van der Waals surface area contributed by atoms with Crippen LogP contribution in [-0.2, 0) is 4.79 Å². The minimum Gasteiger partial charge on any atom is -0.300 e. The Labute approximate surface area is 251 Å². The van der Waals surface area contributed by atoms with Crippen LogP contribution in [0.5, 0.6) is 0 Å². The normalized spacial score (nSPS) is 39.2. The van der Waals surface area contributed by atoms with Gasteiger partial charge < -0.3 is 0 Å². The summed E-state index contributed by atoms with van der Waals surface area (Å²) < 4.78 is 0. The zero-order valence-electron chi connectivity index (χ0n) is 27.7. The molecule has 6 unspecified atom stereocenters. The monoisotopic (exact) mass is 555 g/mol. The van der Waals surface area contributed by atoms with Crippen molar-refractivity contribution >= 4 is 5.78 Å². The SMILES string of the molecule is CCC1CCC(C2CCC(CCCCC(=O)CCCCC3CCC(C4CCC(CC)CC4C)CC3)CC2)C(C)C1. The van der Waals surface area contributed by atoms with Crippen LogP contribution < -0.4 is 0 Å². The topological polar surface area (TPSA) is 17.1 Å². The van der Waals surface area contributed by atoms with Gasteiger partial charge in [0.25, 0.3) is 0 Å². The predicted octanol–water partition coefficient (Wildman–Crippen LogP) is 12.2. The van der Waals surface area contributed by atoms with Gasteiger partial charge in [-0.05, 0) is 123 Å². The first kappa shape index (κ1) is 32.6. The molecule has 0 bridgehead atoms. The first-order chi connectivity index (χ1) is 19.5. The molecule has 232 valence electrons. The molecule has 0 N–H and O–H groups in total. The summed E-state index contributed by atoms with van der Waals surface area (Å²) in [6.07, 6.45) is 33.1. The quantitative estimate of drug-likeness (QED) is 0.195. The molecule has 0 aromatic heterocycles. The zero-order chi connectivity index (χ0) is 28.3. The lowest BCUT2D eigenvalue weighted by Gasteiger charge is -2.41. The number of unbranched alkanes of at least 4 members (excludes halogenated alkanes) is 2. The molecule has 1 nitrogen and oxygen atoms in total. The van der Waals surface area contributed by atoms with Crippen LogP contribution in [0.3, 0.4) is 0 Å². The van der Waals surface area contributed by atoms with Crippen molar-refractivity contribution in [2.24, 2.45) is 59.2 Å². The maximum atomic E-state index is 12.5. The van der Waals surface area contributed by atoms with E-state index < -0.39 is 0 Å². The van der Waals surface area contributed by atoms with Crippen molar-refractivity contribution in [2.45, 2.75) is 182 Å². The van der Waals surface area contributed by atoms with Crippen LogP contribution in [0.1, 0.15) is 182 Å². The molecule has 4 aliphatic carbocycles. The van der Waals surface area contributed by atoms with Gasteiger partial charge in [-0.15, -0.1) is 0 Å². The van der Waals surface area contributed by atoms with Crippen LogP contribution in [-0.4, -0.2) is 5.78 Å². The molecular formula is C39H70O. The molecule has 6 atom stereocenters. The van der Waals surface area contributed by atoms with E-state index in [0.717, 1.165) is 84.9 Å². The number of carbonyl (C=O) groups is 1. The third-order valence-corrected chi connectivity index (χ3v) is 13.5. The molecule has 0 aliphatic heterocycles. The van der Waals surface area contributed by atoms with Crippen molar-refractivity contribution in [3.8, 4) is 0 Å². The molecule has 4 aliphatic rings. The average Bonchev–Trinajstić information content (AvgIpc) is 2.98. The third kappa shape index (κ3) is 9.86. The largest absolute Gasteiger partial charge is 0.300 e. The van der Waals surface area contributed by atoms with Gasteiger partial charge in [-0.3, -0.25) is 4.79 Å². The highest BCUT2D eigenvalue weighted by Crippen LogP contribution is 2.46. The molecule has 0 aromatic rings. The summed E-state index contributed by atoms with van der Waals surface area (Å²) in [7, 11) is 0. The van der Waals surface area contributed by atoms with Crippen LogP contribution in [0.4, 0.5) is 0 Å². The first-order valence-electron chi connectivity index (χ1n) is 19.0.